The summed E-state index contributed by atoms with van der Waals surface area (Å²) < 4.78 is 56.1. The summed E-state index contributed by atoms with van der Waals surface area (Å²) in [6.07, 6.45) is -2.10. The average Bonchev–Trinajstić information content (AvgIpc) is 3.27. The van der Waals surface area contributed by atoms with Crippen molar-refractivity contribution in [3.05, 3.63) is 65.8 Å². The highest BCUT2D eigenvalue weighted by Crippen LogP contribution is 2.40. The number of aryl methyl sites for hydroxylation is 1. The molecule has 0 saturated heterocycles. The molecule has 1 atom stereocenters. The topological polar surface area (TPSA) is 85.0 Å². The largest absolute Gasteiger partial charge is 0.424 e. The van der Waals surface area contributed by atoms with Crippen molar-refractivity contribution >= 4 is 5.91 Å². The molecule has 11 heteroatoms. The fourth-order valence-corrected chi connectivity index (χ4v) is 3.07. The first-order chi connectivity index (χ1) is 14.0. The lowest BCUT2D eigenvalue weighted by atomic mass is 9.97. The van der Waals surface area contributed by atoms with Crippen LogP contribution in [0.1, 0.15) is 28.3 Å². The minimum Gasteiger partial charge on any atom is -0.374 e. The van der Waals surface area contributed by atoms with E-state index in [1.165, 1.54) is 48.4 Å². The van der Waals surface area contributed by atoms with E-state index < -0.39 is 42.3 Å². The Morgan fingerprint density at radius 1 is 1.23 bits per heavy atom. The van der Waals surface area contributed by atoms with Crippen molar-refractivity contribution in [3.8, 4) is 5.69 Å². The Balaban J connectivity index is 1.73. The lowest BCUT2D eigenvalue weighted by molar-refractivity contribution is -0.272. The van der Waals surface area contributed by atoms with Gasteiger partial charge in [-0.3, -0.25) is 4.79 Å². The number of aliphatic hydroxyl groups is 1. The van der Waals surface area contributed by atoms with Crippen molar-refractivity contribution in [2.45, 2.75) is 25.1 Å². The van der Waals surface area contributed by atoms with Gasteiger partial charge in [0.25, 0.3) is 5.91 Å². The van der Waals surface area contributed by atoms with E-state index in [1.54, 1.807) is 6.92 Å². The van der Waals surface area contributed by atoms with E-state index in [1.807, 2.05) is 0 Å². The lowest BCUT2D eigenvalue weighted by Gasteiger charge is -2.29. The molecule has 3 rings (SSSR count). The van der Waals surface area contributed by atoms with Gasteiger partial charge in [-0.05, 0) is 31.2 Å². The van der Waals surface area contributed by atoms with E-state index >= 15 is 0 Å². The summed E-state index contributed by atoms with van der Waals surface area (Å²) in [5.74, 6) is -1.64. The van der Waals surface area contributed by atoms with Gasteiger partial charge in [0, 0.05) is 32.4 Å². The number of hydrogen-bond acceptors (Lipinski definition) is 4. The van der Waals surface area contributed by atoms with Crippen molar-refractivity contribution in [2.24, 2.45) is 7.05 Å². The monoisotopic (exact) mass is 425 g/mol. The van der Waals surface area contributed by atoms with Gasteiger partial charge in [-0.2, -0.15) is 18.3 Å². The number of rotatable bonds is 6. The number of carbonyl (C=O) groups excluding carboxylic acids is 1. The van der Waals surface area contributed by atoms with Crippen molar-refractivity contribution < 1.29 is 27.5 Å². The summed E-state index contributed by atoms with van der Waals surface area (Å²) in [7, 11) is 1.34. The maximum Gasteiger partial charge on any atom is 0.424 e. The second kappa shape index (κ2) is 7.90. The van der Waals surface area contributed by atoms with Gasteiger partial charge in [0.05, 0.1) is 23.1 Å². The standard InChI is InChI=1S/C19H19F4N5O2/c1-12-15(11-26-28(12)14-5-3-13(20)4-6-14)16(29)24-8-7-18(30,19(21,22)23)17-25-9-10-27(17)2/h3-6,9-11,30H,7-8H2,1-2H3,(H,24,29). The van der Waals surface area contributed by atoms with Gasteiger partial charge in [-0.15, -0.1) is 0 Å². The number of carbonyl (C=O) groups is 1. The number of amides is 1. The van der Waals surface area contributed by atoms with Crippen LogP contribution in [0.15, 0.2) is 42.9 Å². The third kappa shape index (κ3) is 3.92. The smallest absolute Gasteiger partial charge is 0.374 e. The Morgan fingerprint density at radius 3 is 2.47 bits per heavy atom. The van der Waals surface area contributed by atoms with Crippen molar-refractivity contribution in [2.75, 3.05) is 6.54 Å². The van der Waals surface area contributed by atoms with Crippen LogP contribution >= 0.6 is 0 Å². The molecule has 1 aromatic carbocycles. The number of nitrogens with one attached hydrogen (secondary N) is 1. The fraction of sp³-hybridized carbons (Fsp3) is 0.316. The molecule has 0 spiro atoms. The van der Waals surface area contributed by atoms with E-state index in [0.29, 0.717) is 11.4 Å². The van der Waals surface area contributed by atoms with Gasteiger partial charge in [0.15, 0.2) is 0 Å². The van der Waals surface area contributed by atoms with Crippen LogP contribution in [0.2, 0.25) is 0 Å². The number of hydrogen-bond donors (Lipinski definition) is 2. The normalized spacial score (nSPS) is 13.8. The van der Waals surface area contributed by atoms with Gasteiger partial charge in [0.1, 0.15) is 11.6 Å². The Morgan fingerprint density at radius 2 is 1.90 bits per heavy atom. The van der Waals surface area contributed by atoms with Gasteiger partial charge in [-0.25, -0.2) is 14.1 Å². The number of aromatic nitrogens is 4. The SMILES string of the molecule is Cc1c(C(=O)NCCC(O)(c2nccn2C)C(F)(F)F)cnn1-c1ccc(F)cc1. The average molecular weight is 425 g/mol. The van der Waals surface area contributed by atoms with E-state index in [2.05, 4.69) is 15.4 Å². The molecule has 0 fully saturated rings. The summed E-state index contributed by atoms with van der Waals surface area (Å²) in [6, 6.07) is 5.44. The molecule has 0 radical (unpaired) electrons. The van der Waals surface area contributed by atoms with Crippen molar-refractivity contribution in [1.82, 2.24) is 24.6 Å². The molecule has 1 unspecified atom stereocenters. The molecule has 2 heterocycles. The van der Waals surface area contributed by atoms with Gasteiger partial charge in [0.2, 0.25) is 5.60 Å². The van der Waals surface area contributed by atoms with Crippen LogP contribution in [-0.2, 0) is 12.6 Å². The Labute approximate surface area is 169 Å². The first-order valence-electron chi connectivity index (χ1n) is 8.90. The highest BCUT2D eigenvalue weighted by Gasteiger charge is 2.57. The third-order valence-electron chi connectivity index (χ3n) is 4.76. The van der Waals surface area contributed by atoms with E-state index in [9.17, 15) is 27.5 Å². The molecule has 0 aliphatic heterocycles. The van der Waals surface area contributed by atoms with E-state index in [4.69, 9.17) is 0 Å². The molecule has 0 aliphatic rings. The Bertz CT molecular complexity index is 1040. The lowest BCUT2D eigenvalue weighted by Crippen LogP contribution is -2.46. The van der Waals surface area contributed by atoms with Gasteiger partial charge < -0.3 is 15.0 Å². The van der Waals surface area contributed by atoms with E-state index in [-0.39, 0.29) is 5.56 Å². The molecule has 1 amide bonds. The molecule has 2 N–H and O–H groups in total. The predicted molar refractivity (Wildman–Crippen MR) is 98.4 cm³/mol. The maximum atomic E-state index is 13.5. The summed E-state index contributed by atoms with van der Waals surface area (Å²) in [5.41, 5.74) is -2.12. The number of imidazole rings is 1. The predicted octanol–water partition coefficient (Wildman–Crippen LogP) is 2.62. The molecular formula is C19H19F4N5O2. The van der Waals surface area contributed by atoms with Crippen LogP contribution in [0.3, 0.4) is 0 Å². The van der Waals surface area contributed by atoms with Crippen LogP contribution in [0.4, 0.5) is 17.6 Å². The van der Waals surface area contributed by atoms with Crippen LogP contribution in [0.25, 0.3) is 5.69 Å². The van der Waals surface area contributed by atoms with Crippen LogP contribution in [-0.4, -0.2) is 43.1 Å². The number of halogens is 4. The molecule has 0 saturated carbocycles. The Kier molecular flexibility index (Phi) is 5.66. The van der Waals surface area contributed by atoms with Crippen LogP contribution in [0, 0.1) is 12.7 Å². The van der Waals surface area contributed by atoms with Crippen LogP contribution < -0.4 is 5.32 Å². The molecule has 160 valence electrons. The fourth-order valence-electron chi connectivity index (χ4n) is 3.07. The second-order valence-electron chi connectivity index (χ2n) is 6.76. The summed E-state index contributed by atoms with van der Waals surface area (Å²) in [6.45, 7) is 1.15. The summed E-state index contributed by atoms with van der Waals surface area (Å²) >= 11 is 0. The maximum absolute atomic E-state index is 13.5. The molecule has 30 heavy (non-hydrogen) atoms. The second-order valence-corrected chi connectivity index (χ2v) is 6.76. The number of alkyl halides is 3. The summed E-state index contributed by atoms with van der Waals surface area (Å²) in [4.78, 5) is 16.1. The highest BCUT2D eigenvalue weighted by atomic mass is 19.4. The quantitative estimate of drug-likeness (QED) is 0.595. The molecule has 0 aliphatic carbocycles. The zero-order chi connectivity index (χ0) is 22.1. The minimum absolute atomic E-state index is 0.145. The summed E-state index contributed by atoms with van der Waals surface area (Å²) in [5, 5.41) is 16.7. The molecule has 7 nitrogen and oxygen atoms in total. The molecular weight excluding hydrogens is 406 g/mol. The third-order valence-corrected chi connectivity index (χ3v) is 4.76. The molecule has 3 aromatic rings. The highest BCUT2D eigenvalue weighted by molar-refractivity contribution is 5.95. The minimum atomic E-state index is -4.99. The first-order valence-corrected chi connectivity index (χ1v) is 8.90. The number of nitrogens with zero attached hydrogens (tertiary/aromatic N) is 4. The Hall–Kier alpha value is -3.21. The number of benzene rings is 1. The van der Waals surface area contributed by atoms with Crippen LogP contribution in [0.5, 0.6) is 0 Å². The zero-order valence-electron chi connectivity index (χ0n) is 16.1. The first kappa shape index (κ1) is 21.5. The van der Waals surface area contributed by atoms with Crippen molar-refractivity contribution in [1.29, 1.82) is 0 Å². The zero-order valence-corrected chi connectivity index (χ0v) is 16.1. The van der Waals surface area contributed by atoms with Gasteiger partial charge >= 0.3 is 6.18 Å². The molecule has 0 bridgehead atoms. The van der Waals surface area contributed by atoms with Gasteiger partial charge in [-0.1, -0.05) is 0 Å². The van der Waals surface area contributed by atoms with E-state index in [0.717, 1.165) is 10.8 Å². The van der Waals surface area contributed by atoms with Crippen molar-refractivity contribution in [3.63, 3.8) is 0 Å². The molecule has 2 aromatic heterocycles.